The molecule has 4 heterocycles. The molecule has 5 nitrogen and oxygen atoms in total. The fraction of sp³-hybridized carbons (Fsp3) is 0. The summed E-state index contributed by atoms with van der Waals surface area (Å²) >= 11 is 0. The Balaban J connectivity index is 0.985. The summed E-state index contributed by atoms with van der Waals surface area (Å²) in [5.41, 5.74) is 13.3. The van der Waals surface area contributed by atoms with Gasteiger partial charge in [0.25, 0.3) is 0 Å². The van der Waals surface area contributed by atoms with Crippen LogP contribution in [0.2, 0.25) is 0 Å². The maximum Gasteiger partial charge on any atom is 0.246 e. The van der Waals surface area contributed by atoms with Gasteiger partial charge < -0.3 is 13.6 Å². The Morgan fingerprint density at radius 3 is 1.84 bits per heavy atom. The average Bonchev–Trinajstić information content (AvgIpc) is 3.91. The predicted molar refractivity (Wildman–Crippen MR) is 226 cm³/mol. The minimum atomic E-state index is 0.550. The normalized spacial score (nSPS) is 12.0. The standard InChI is InChI=1S/C50H30N4O/c1-2-11-35(12-3-1)53-44-17-9-7-15-39(44)41-28-33(21-26-45(41)53)34-20-25-40-38-14-6-8-16-43(38)54(46(40)29-34)36-23-18-32(19-24-36)42-30-51-50-49(52-42)48-37-13-5-4-10-31(37)22-27-47(48)55-50/h1-30H. The molecule has 0 aliphatic rings. The number of para-hydroxylation sites is 3. The van der Waals surface area contributed by atoms with Gasteiger partial charge in [0.1, 0.15) is 11.1 Å². The number of hydrogen-bond donors (Lipinski definition) is 0. The summed E-state index contributed by atoms with van der Waals surface area (Å²) in [6.45, 7) is 0. The first-order chi connectivity index (χ1) is 27.3. The van der Waals surface area contributed by atoms with E-state index in [1.807, 2.05) is 12.3 Å². The van der Waals surface area contributed by atoms with Gasteiger partial charge in [-0.1, -0.05) is 115 Å². The van der Waals surface area contributed by atoms with Crippen molar-refractivity contribution in [1.82, 2.24) is 19.1 Å². The van der Waals surface area contributed by atoms with Crippen LogP contribution in [0.1, 0.15) is 0 Å². The Morgan fingerprint density at radius 1 is 0.418 bits per heavy atom. The average molecular weight is 703 g/mol. The summed E-state index contributed by atoms with van der Waals surface area (Å²) in [4.78, 5) is 9.83. The first-order valence-corrected chi connectivity index (χ1v) is 18.6. The van der Waals surface area contributed by atoms with Crippen molar-refractivity contribution < 1.29 is 4.42 Å². The van der Waals surface area contributed by atoms with Crippen molar-refractivity contribution in [1.29, 1.82) is 0 Å². The third kappa shape index (κ3) is 4.47. The van der Waals surface area contributed by atoms with E-state index in [4.69, 9.17) is 14.4 Å². The van der Waals surface area contributed by atoms with Gasteiger partial charge in [-0.15, -0.1) is 0 Å². The van der Waals surface area contributed by atoms with Crippen molar-refractivity contribution >= 4 is 76.6 Å². The Morgan fingerprint density at radius 2 is 1.02 bits per heavy atom. The summed E-state index contributed by atoms with van der Waals surface area (Å²) in [7, 11) is 0. The number of benzene rings is 8. The van der Waals surface area contributed by atoms with Crippen LogP contribution in [0.3, 0.4) is 0 Å². The highest BCUT2D eigenvalue weighted by atomic mass is 16.3. The van der Waals surface area contributed by atoms with Gasteiger partial charge in [0.2, 0.25) is 5.71 Å². The third-order valence-electron chi connectivity index (χ3n) is 11.2. The third-order valence-corrected chi connectivity index (χ3v) is 11.2. The zero-order valence-corrected chi connectivity index (χ0v) is 29.5. The van der Waals surface area contributed by atoms with Crippen molar-refractivity contribution in [3.05, 3.63) is 182 Å². The van der Waals surface area contributed by atoms with Crippen LogP contribution in [0.15, 0.2) is 187 Å². The summed E-state index contributed by atoms with van der Waals surface area (Å²) in [6.07, 6.45) is 1.81. The molecule has 0 unspecified atom stereocenters. The largest absolute Gasteiger partial charge is 0.436 e. The van der Waals surface area contributed by atoms with Crippen molar-refractivity contribution in [3.63, 3.8) is 0 Å². The van der Waals surface area contributed by atoms with Gasteiger partial charge in [0, 0.05) is 38.5 Å². The molecule has 55 heavy (non-hydrogen) atoms. The molecule has 0 fully saturated rings. The highest BCUT2D eigenvalue weighted by Crippen LogP contribution is 2.39. The zero-order valence-electron chi connectivity index (χ0n) is 29.5. The van der Waals surface area contributed by atoms with E-state index in [2.05, 4.69) is 179 Å². The maximum absolute atomic E-state index is 6.12. The molecule has 256 valence electrons. The van der Waals surface area contributed by atoms with Gasteiger partial charge in [-0.3, -0.25) is 0 Å². The first kappa shape index (κ1) is 30.0. The van der Waals surface area contributed by atoms with Gasteiger partial charge in [-0.2, -0.15) is 0 Å². The van der Waals surface area contributed by atoms with E-state index in [1.165, 1.54) is 49.2 Å². The summed E-state index contributed by atoms with van der Waals surface area (Å²) in [6, 6.07) is 62.8. The zero-order chi connectivity index (χ0) is 36.0. The molecule has 0 spiro atoms. The molecule has 0 saturated carbocycles. The van der Waals surface area contributed by atoms with E-state index >= 15 is 0 Å². The van der Waals surface area contributed by atoms with Gasteiger partial charge >= 0.3 is 0 Å². The lowest BCUT2D eigenvalue weighted by Gasteiger charge is -2.11. The number of furan rings is 1. The quantitative estimate of drug-likeness (QED) is 0.183. The van der Waals surface area contributed by atoms with Crippen molar-refractivity contribution in [2.45, 2.75) is 0 Å². The van der Waals surface area contributed by atoms with Crippen molar-refractivity contribution in [3.8, 4) is 33.8 Å². The van der Waals surface area contributed by atoms with E-state index in [1.54, 1.807) is 0 Å². The second kappa shape index (κ2) is 11.5. The maximum atomic E-state index is 6.12. The number of nitrogens with zero attached hydrogens (tertiary/aromatic N) is 4. The Labute approximate surface area is 315 Å². The van der Waals surface area contributed by atoms with Crippen LogP contribution in [0, 0.1) is 0 Å². The highest BCUT2D eigenvalue weighted by molar-refractivity contribution is 6.17. The van der Waals surface area contributed by atoms with Crippen LogP contribution >= 0.6 is 0 Å². The van der Waals surface area contributed by atoms with E-state index in [-0.39, 0.29) is 0 Å². The molecule has 0 aliphatic heterocycles. The second-order valence-corrected chi connectivity index (χ2v) is 14.2. The number of rotatable bonds is 4. The fourth-order valence-electron chi connectivity index (χ4n) is 8.66. The van der Waals surface area contributed by atoms with Crippen LogP contribution < -0.4 is 0 Å². The van der Waals surface area contributed by atoms with Crippen molar-refractivity contribution in [2.75, 3.05) is 0 Å². The smallest absolute Gasteiger partial charge is 0.246 e. The van der Waals surface area contributed by atoms with Crippen LogP contribution in [-0.2, 0) is 0 Å². The molecular formula is C50H30N4O. The van der Waals surface area contributed by atoms with E-state index < -0.39 is 0 Å². The topological polar surface area (TPSA) is 48.8 Å². The monoisotopic (exact) mass is 702 g/mol. The summed E-state index contributed by atoms with van der Waals surface area (Å²) in [5, 5.41) is 8.21. The van der Waals surface area contributed by atoms with Gasteiger partial charge in [0.15, 0.2) is 0 Å². The molecule has 4 aromatic heterocycles. The summed E-state index contributed by atoms with van der Waals surface area (Å²) < 4.78 is 10.9. The minimum Gasteiger partial charge on any atom is -0.436 e. The Bertz CT molecular complexity index is 3480. The summed E-state index contributed by atoms with van der Waals surface area (Å²) in [5.74, 6) is 0. The Kier molecular flexibility index (Phi) is 6.27. The molecule has 0 radical (unpaired) electrons. The molecule has 0 aliphatic carbocycles. The highest BCUT2D eigenvalue weighted by Gasteiger charge is 2.18. The van der Waals surface area contributed by atoms with E-state index in [0.29, 0.717) is 5.71 Å². The fourth-order valence-corrected chi connectivity index (χ4v) is 8.66. The second-order valence-electron chi connectivity index (χ2n) is 14.2. The molecule has 0 atom stereocenters. The lowest BCUT2D eigenvalue weighted by atomic mass is 10.0. The molecule has 0 N–H and O–H groups in total. The number of aromatic nitrogens is 4. The molecule has 12 aromatic rings. The molecular weight excluding hydrogens is 673 g/mol. The number of fused-ring (bicyclic) bond motifs is 11. The molecule has 8 aromatic carbocycles. The van der Waals surface area contributed by atoms with Gasteiger partial charge in [-0.25, -0.2) is 9.97 Å². The molecule has 0 saturated heterocycles. The first-order valence-electron chi connectivity index (χ1n) is 18.6. The van der Waals surface area contributed by atoms with E-state index in [9.17, 15) is 0 Å². The lowest BCUT2D eigenvalue weighted by molar-refractivity contribution is 0.653. The SMILES string of the molecule is c1ccc(-n2c3ccccc3c3cc(-c4ccc5c6ccccc6n(-c6ccc(-c7cnc8oc9ccc%10ccccc%10c9c8n7)cc6)c5c4)ccc32)cc1. The Hall–Kier alpha value is -7.50. The van der Waals surface area contributed by atoms with Crippen molar-refractivity contribution in [2.24, 2.45) is 0 Å². The molecule has 5 heteroatoms. The lowest BCUT2D eigenvalue weighted by Crippen LogP contribution is -1.95. The van der Waals surface area contributed by atoms with Crippen LogP contribution in [0.5, 0.6) is 0 Å². The van der Waals surface area contributed by atoms with Crippen LogP contribution in [0.25, 0.3) is 110 Å². The number of hydrogen-bond acceptors (Lipinski definition) is 3. The molecule has 0 amide bonds. The van der Waals surface area contributed by atoms with E-state index in [0.717, 1.165) is 55.4 Å². The predicted octanol–water partition coefficient (Wildman–Crippen LogP) is 13.1. The van der Waals surface area contributed by atoms with Gasteiger partial charge in [-0.05, 0) is 82.6 Å². The van der Waals surface area contributed by atoms with Gasteiger partial charge in [0.05, 0.1) is 39.3 Å². The molecule has 0 bridgehead atoms. The minimum absolute atomic E-state index is 0.550. The molecule has 12 rings (SSSR count). The van der Waals surface area contributed by atoms with Crippen LogP contribution in [-0.4, -0.2) is 19.1 Å². The van der Waals surface area contributed by atoms with Crippen LogP contribution in [0.4, 0.5) is 0 Å².